The van der Waals surface area contributed by atoms with Gasteiger partial charge in [-0.15, -0.1) is 0 Å². The molecule has 1 rings (SSSR count). The van der Waals surface area contributed by atoms with Crippen molar-refractivity contribution in [2.24, 2.45) is 0 Å². The Morgan fingerprint density at radius 1 is 1.50 bits per heavy atom. The number of hydrogen-bond donors (Lipinski definition) is 0. The second-order valence-corrected chi connectivity index (χ2v) is 2.85. The van der Waals surface area contributed by atoms with Crippen molar-refractivity contribution in [1.29, 1.82) is 0 Å². The van der Waals surface area contributed by atoms with E-state index in [1.54, 1.807) is 0 Å². The first kappa shape index (κ1) is 10.6. The highest BCUT2D eigenvalue weighted by Gasteiger charge is 2.13. The summed E-state index contributed by atoms with van der Waals surface area (Å²) in [6, 6.07) is 2.96. The average Bonchev–Trinajstić information content (AvgIpc) is 2.15. The van der Waals surface area contributed by atoms with Gasteiger partial charge in [0, 0.05) is 12.0 Å². The third-order valence-corrected chi connectivity index (χ3v) is 1.77. The highest BCUT2D eigenvalue weighted by atomic mass is 19.1. The van der Waals surface area contributed by atoms with Crippen LogP contribution in [0.1, 0.15) is 11.5 Å². The normalized spacial score (nSPS) is 12.5. The number of halogens is 2. The monoisotopic (exact) mass is 200 g/mol. The average molecular weight is 200 g/mol. The molecule has 14 heavy (non-hydrogen) atoms. The predicted octanol–water partition coefficient (Wildman–Crippen LogP) is 2.62. The molecule has 0 aliphatic rings. The molecule has 0 aliphatic carbocycles. The summed E-state index contributed by atoms with van der Waals surface area (Å²) < 4.78 is 25.0. The maximum absolute atomic E-state index is 12.8. The summed E-state index contributed by atoms with van der Waals surface area (Å²) in [5, 5.41) is 10.3. The maximum Gasteiger partial charge on any atom is 0.272 e. The summed E-state index contributed by atoms with van der Waals surface area (Å²) in [6.45, 7) is 2.63. The molecule has 3 nitrogen and oxygen atoms in total. The second kappa shape index (κ2) is 4.13. The number of rotatable bonds is 3. The number of non-ortho nitro benzene ring substituents is 1. The van der Waals surface area contributed by atoms with Crippen LogP contribution in [0.3, 0.4) is 0 Å². The molecule has 0 aliphatic heterocycles. The minimum atomic E-state index is -0.777. The molecule has 0 fully saturated rings. The van der Waals surface area contributed by atoms with Crippen LogP contribution in [-0.2, 0) is 0 Å². The Morgan fingerprint density at radius 3 is 2.64 bits per heavy atom. The van der Waals surface area contributed by atoms with Crippen molar-refractivity contribution < 1.29 is 13.7 Å². The molecule has 0 aromatic heterocycles. The first-order valence-corrected chi connectivity index (χ1v) is 3.88. The third kappa shape index (κ3) is 2.25. The van der Waals surface area contributed by atoms with Crippen LogP contribution in [-0.4, -0.2) is 11.6 Å². The van der Waals surface area contributed by atoms with Crippen molar-refractivity contribution >= 4 is 5.69 Å². The number of nitro benzene ring substituents is 1. The fraction of sp³-hybridized carbons (Fsp3) is 0.222. The van der Waals surface area contributed by atoms with E-state index in [2.05, 4.69) is 6.92 Å². The summed E-state index contributed by atoms with van der Waals surface area (Å²) in [6.07, 6.45) is 0. The van der Waals surface area contributed by atoms with Crippen molar-refractivity contribution in [2.45, 2.75) is 5.92 Å². The van der Waals surface area contributed by atoms with Crippen molar-refractivity contribution in [3.8, 4) is 0 Å². The SMILES string of the molecule is [CH2]C(CF)c1cc(F)cc([N+](=O)[O-])c1. The summed E-state index contributed by atoms with van der Waals surface area (Å²) in [5.41, 5.74) is -0.193. The standard InChI is InChI=1S/C9H8F2NO2/c1-6(5-10)7-2-8(11)4-9(3-7)12(13)14/h2-4,6H,1,5H2. The van der Waals surface area contributed by atoms with E-state index in [-0.39, 0.29) is 11.3 Å². The molecular weight excluding hydrogens is 192 g/mol. The van der Waals surface area contributed by atoms with Crippen LogP contribution >= 0.6 is 0 Å². The van der Waals surface area contributed by atoms with Gasteiger partial charge in [0.2, 0.25) is 0 Å². The highest BCUT2D eigenvalue weighted by molar-refractivity contribution is 5.37. The number of nitrogens with zero attached hydrogens (tertiary/aromatic N) is 1. The van der Waals surface area contributed by atoms with E-state index in [4.69, 9.17) is 0 Å². The van der Waals surface area contributed by atoms with Gasteiger partial charge in [-0.05, 0) is 18.6 Å². The number of hydrogen-bond acceptors (Lipinski definition) is 2. The molecule has 1 radical (unpaired) electrons. The predicted molar refractivity (Wildman–Crippen MR) is 47.1 cm³/mol. The zero-order valence-electron chi connectivity index (χ0n) is 7.24. The van der Waals surface area contributed by atoms with Crippen LogP contribution < -0.4 is 0 Å². The zero-order valence-corrected chi connectivity index (χ0v) is 7.24. The van der Waals surface area contributed by atoms with Gasteiger partial charge in [-0.25, -0.2) is 4.39 Å². The summed E-state index contributed by atoms with van der Waals surface area (Å²) in [5.74, 6) is -1.53. The van der Waals surface area contributed by atoms with Gasteiger partial charge in [0.25, 0.3) is 5.69 Å². The van der Waals surface area contributed by atoms with Crippen LogP contribution in [0.5, 0.6) is 0 Å². The van der Waals surface area contributed by atoms with Crippen LogP contribution in [0, 0.1) is 22.9 Å². The van der Waals surface area contributed by atoms with Gasteiger partial charge in [-0.1, -0.05) is 0 Å². The Labute approximate surface area is 79.5 Å². The van der Waals surface area contributed by atoms with Crippen molar-refractivity contribution in [1.82, 2.24) is 0 Å². The van der Waals surface area contributed by atoms with Gasteiger partial charge in [-0.2, -0.15) is 0 Å². The van der Waals surface area contributed by atoms with E-state index in [0.29, 0.717) is 0 Å². The van der Waals surface area contributed by atoms with Crippen molar-refractivity contribution in [2.75, 3.05) is 6.67 Å². The lowest BCUT2D eigenvalue weighted by Crippen LogP contribution is -1.99. The summed E-state index contributed by atoms with van der Waals surface area (Å²) in [7, 11) is 0. The minimum absolute atomic E-state index is 0.194. The van der Waals surface area contributed by atoms with Crippen molar-refractivity contribution in [3.63, 3.8) is 0 Å². The lowest BCUT2D eigenvalue weighted by atomic mass is 10.0. The van der Waals surface area contributed by atoms with E-state index >= 15 is 0 Å². The lowest BCUT2D eigenvalue weighted by molar-refractivity contribution is -0.385. The molecule has 75 valence electrons. The Bertz CT molecular complexity index is 355. The summed E-state index contributed by atoms with van der Waals surface area (Å²) >= 11 is 0. The molecule has 1 unspecified atom stereocenters. The molecule has 1 aromatic carbocycles. The highest BCUT2D eigenvalue weighted by Crippen LogP contribution is 2.22. The first-order valence-electron chi connectivity index (χ1n) is 3.88. The topological polar surface area (TPSA) is 43.1 Å². The van der Waals surface area contributed by atoms with E-state index < -0.39 is 23.3 Å². The maximum atomic E-state index is 12.8. The molecule has 0 amide bonds. The molecule has 0 saturated carbocycles. The molecule has 0 saturated heterocycles. The zero-order chi connectivity index (χ0) is 10.7. The van der Waals surface area contributed by atoms with Crippen LogP contribution in [0.2, 0.25) is 0 Å². The van der Waals surface area contributed by atoms with Gasteiger partial charge in [-0.3, -0.25) is 14.5 Å². The Morgan fingerprint density at radius 2 is 2.14 bits per heavy atom. The molecule has 1 aromatic rings. The van der Waals surface area contributed by atoms with E-state index in [1.165, 1.54) is 0 Å². The molecule has 0 bridgehead atoms. The molecule has 0 N–H and O–H groups in total. The number of alkyl halides is 1. The van der Waals surface area contributed by atoms with Crippen LogP contribution in [0.4, 0.5) is 14.5 Å². The number of nitro groups is 1. The minimum Gasteiger partial charge on any atom is -0.258 e. The van der Waals surface area contributed by atoms with Gasteiger partial charge in [0.05, 0.1) is 17.7 Å². The quantitative estimate of drug-likeness (QED) is 0.556. The second-order valence-electron chi connectivity index (χ2n) is 2.85. The fourth-order valence-electron chi connectivity index (χ4n) is 1.03. The Hall–Kier alpha value is -1.52. The fourth-order valence-corrected chi connectivity index (χ4v) is 1.03. The largest absolute Gasteiger partial charge is 0.272 e. The van der Waals surface area contributed by atoms with Gasteiger partial charge in [0.1, 0.15) is 5.82 Å². The smallest absolute Gasteiger partial charge is 0.258 e. The number of benzene rings is 1. The molecule has 0 heterocycles. The Balaban J connectivity index is 3.13. The molecule has 0 spiro atoms. The van der Waals surface area contributed by atoms with E-state index in [9.17, 15) is 18.9 Å². The lowest BCUT2D eigenvalue weighted by Gasteiger charge is -2.06. The first-order chi connectivity index (χ1) is 6.54. The van der Waals surface area contributed by atoms with Crippen molar-refractivity contribution in [3.05, 3.63) is 46.6 Å². The Kier molecular flexibility index (Phi) is 3.11. The van der Waals surface area contributed by atoms with Crippen LogP contribution in [0.15, 0.2) is 18.2 Å². The van der Waals surface area contributed by atoms with Gasteiger partial charge < -0.3 is 0 Å². The van der Waals surface area contributed by atoms with E-state index in [0.717, 1.165) is 18.2 Å². The summed E-state index contributed by atoms with van der Waals surface area (Å²) in [4.78, 5) is 9.62. The van der Waals surface area contributed by atoms with E-state index in [1.807, 2.05) is 0 Å². The molecule has 5 heteroatoms. The van der Waals surface area contributed by atoms with Gasteiger partial charge in [0.15, 0.2) is 0 Å². The third-order valence-electron chi connectivity index (χ3n) is 1.77. The van der Waals surface area contributed by atoms with Gasteiger partial charge >= 0.3 is 0 Å². The van der Waals surface area contributed by atoms with Crippen LogP contribution in [0.25, 0.3) is 0 Å². The molecular formula is C9H8F2NO2. The molecule has 1 atom stereocenters.